The third-order valence-corrected chi connectivity index (χ3v) is 7.55. The zero-order chi connectivity index (χ0) is 18.9. The maximum atomic E-state index is 12.5. The fourth-order valence-electron chi connectivity index (χ4n) is 3.81. The second-order valence-electron chi connectivity index (χ2n) is 7.54. The Labute approximate surface area is 156 Å². The largest absolute Gasteiger partial charge is 0.369 e. The van der Waals surface area contributed by atoms with Crippen molar-refractivity contribution in [1.82, 2.24) is 9.80 Å². The summed E-state index contributed by atoms with van der Waals surface area (Å²) >= 11 is 0. The van der Waals surface area contributed by atoms with Gasteiger partial charge in [-0.2, -0.15) is 0 Å². The van der Waals surface area contributed by atoms with Crippen LogP contribution in [-0.4, -0.2) is 81.4 Å². The second kappa shape index (κ2) is 7.56. The summed E-state index contributed by atoms with van der Waals surface area (Å²) in [5.41, 5.74) is 3.90. The van der Waals surface area contributed by atoms with Gasteiger partial charge in [-0.1, -0.05) is 12.1 Å². The Morgan fingerprint density at radius 1 is 1.19 bits per heavy atom. The number of rotatable bonds is 4. The van der Waals surface area contributed by atoms with Gasteiger partial charge in [0.15, 0.2) is 9.84 Å². The average Bonchev–Trinajstić information content (AvgIpc) is 2.97. The van der Waals surface area contributed by atoms with Crippen LogP contribution in [0.15, 0.2) is 18.2 Å². The van der Waals surface area contributed by atoms with Crippen LogP contribution in [0.25, 0.3) is 0 Å². The van der Waals surface area contributed by atoms with Crippen molar-refractivity contribution in [2.75, 3.05) is 56.2 Å². The zero-order valence-corrected chi connectivity index (χ0v) is 16.8. The van der Waals surface area contributed by atoms with E-state index in [1.807, 2.05) is 0 Å². The number of carbonyl (C=O) groups excluding carboxylic acids is 1. The van der Waals surface area contributed by atoms with Gasteiger partial charge in [0.25, 0.3) is 0 Å². The third kappa shape index (κ3) is 4.20. The average molecular weight is 380 g/mol. The van der Waals surface area contributed by atoms with Crippen LogP contribution in [0, 0.1) is 13.8 Å². The molecule has 2 aliphatic heterocycles. The van der Waals surface area contributed by atoms with Crippen molar-refractivity contribution < 1.29 is 13.2 Å². The minimum absolute atomic E-state index is 0.0206. The molecule has 0 bridgehead atoms. The number of carbonyl (C=O) groups is 1. The van der Waals surface area contributed by atoms with Crippen LogP contribution in [0.5, 0.6) is 0 Å². The van der Waals surface area contributed by atoms with Crippen LogP contribution < -0.4 is 4.90 Å². The van der Waals surface area contributed by atoms with Gasteiger partial charge < -0.3 is 9.80 Å². The van der Waals surface area contributed by atoms with E-state index in [9.17, 15) is 13.2 Å². The number of nitrogens with zero attached hydrogens (tertiary/aromatic N) is 3. The normalized spacial score (nSPS) is 23.2. The van der Waals surface area contributed by atoms with Crippen LogP contribution in [-0.2, 0) is 14.6 Å². The molecule has 2 heterocycles. The van der Waals surface area contributed by atoms with Gasteiger partial charge in [0.1, 0.15) is 0 Å². The Kier molecular flexibility index (Phi) is 5.58. The first-order valence-electron chi connectivity index (χ1n) is 9.26. The van der Waals surface area contributed by atoms with E-state index in [-0.39, 0.29) is 23.5 Å². The summed E-state index contributed by atoms with van der Waals surface area (Å²) in [7, 11) is -1.23. The van der Waals surface area contributed by atoms with E-state index < -0.39 is 9.84 Å². The summed E-state index contributed by atoms with van der Waals surface area (Å²) in [5, 5.41) is 0. The molecule has 0 unspecified atom stereocenters. The molecule has 0 radical (unpaired) electrons. The van der Waals surface area contributed by atoms with Crippen molar-refractivity contribution in [2.45, 2.75) is 26.3 Å². The highest BCUT2D eigenvalue weighted by Crippen LogP contribution is 2.24. The molecule has 0 aliphatic carbocycles. The number of piperazine rings is 1. The Bertz CT molecular complexity index is 770. The SMILES string of the molecule is Cc1cccc(N2CCN(CC(=O)N(C)[C@@H]3CCS(=O)(=O)C3)CC2)c1C. The van der Waals surface area contributed by atoms with Gasteiger partial charge in [-0.15, -0.1) is 0 Å². The third-order valence-electron chi connectivity index (χ3n) is 5.80. The van der Waals surface area contributed by atoms with E-state index in [1.165, 1.54) is 16.8 Å². The number of benzene rings is 1. The molecule has 6 nitrogen and oxygen atoms in total. The highest BCUT2D eigenvalue weighted by atomic mass is 32.2. The molecular formula is C19H29N3O3S. The van der Waals surface area contributed by atoms with Crippen LogP contribution in [0.2, 0.25) is 0 Å². The molecule has 1 atom stereocenters. The summed E-state index contributed by atoms with van der Waals surface area (Å²) in [5.74, 6) is 0.326. The van der Waals surface area contributed by atoms with Crippen molar-refractivity contribution in [1.29, 1.82) is 0 Å². The zero-order valence-electron chi connectivity index (χ0n) is 15.9. The van der Waals surface area contributed by atoms with Crippen LogP contribution >= 0.6 is 0 Å². The van der Waals surface area contributed by atoms with Crippen molar-refractivity contribution >= 4 is 21.4 Å². The molecule has 26 heavy (non-hydrogen) atoms. The van der Waals surface area contributed by atoms with Crippen molar-refractivity contribution in [3.05, 3.63) is 29.3 Å². The molecule has 7 heteroatoms. The van der Waals surface area contributed by atoms with Gasteiger partial charge in [-0.25, -0.2) is 8.42 Å². The topological polar surface area (TPSA) is 60.9 Å². The quantitative estimate of drug-likeness (QED) is 0.783. The van der Waals surface area contributed by atoms with E-state index >= 15 is 0 Å². The van der Waals surface area contributed by atoms with Crippen LogP contribution in [0.3, 0.4) is 0 Å². The predicted molar refractivity (Wildman–Crippen MR) is 104 cm³/mol. The summed E-state index contributed by atoms with van der Waals surface area (Å²) in [6, 6.07) is 6.23. The molecule has 1 aromatic rings. The monoisotopic (exact) mass is 379 g/mol. The molecule has 2 aliphatic rings. The van der Waals surface area contributed by atoms with Crippen LogP contribution in [0.1, 0.15) is 17.5 Å². The lowest BCUT2D eigenvalue weighted by Crippen LogP contribution is -2.51. The summed E-state index contributed by atoms with van der Waals surface area (Å²) in [6.45, 7) is 8.15. The molecule has 2 saturated heterocycles. The lowest BCUT2D eigenvalue weighted by molar-refractivity contribution is -0.132. The fraction of sp³-hybridized carbons (Fsp3) is 0.632. The molecule has 144 valence electrons. The highest BCUT2D eigenvalue weighted by Gasteiger charge is 2.33. The van der Waals surface area contributed by atoms with E-state index in [4.69, 9.17) is 0 Å². The van der Waals surface area contributed by atoms with Gasteiger partial charge in [-0.3, -0.25) is 9.69 Å². The van der Waals surface area contributed by atoms with Crippen molar-refractivity contribution in [3.8, 4) is 0 Å². The molecule has 1 amide bonds. The maximum Gasteiger partial charge on any atom is 0.236 e. The standard InChI is InChI=1S/C19H29N3O3S/c1-15-5-4-6-18(16(15)2)22-10-8-21(9-11-22)13-19(23)20(3)17-7-12-26(24,25)14-17/h4-6,17H,7-14H2,1-3H3/t17-/m1/s1. The number of likely N-dealkylation sites (N-methyl/N-ethyl adjacent to an activating group) is 1. The minimum Gasteiger partial charge on any atom is -0.369 e. The maximum absolute atomic E-state index is 12.5. The first kappa shape index (κ1) is 19.2. The molecule has 0 N–H and O–H groups in total. The second-order valence-corrected chi connectivity index (χ2v) is 9.77. The lowest BCUT2D eigenvalue weighted by atomic mass is 10.1. The van der Waals surface area contributed by atoms with Gasteiger partial charge in [0.2, 0.25) is 5.91 Å². The summed E-state index contributed by atoms with van der Waals surface area (Å²) < 4.78 is 23.3. The van der Waals surface area contributed by atoms with Gasteiger partial charge >= 0.3 is 0 Å². The molecule has 0 aromatic heterocycles. The van der Waals surface area contributed by atoms with Crippen molar-refractivity contribution in [3.63, 3.8) is 0 Å². The lowest BCUT2D eigenvalue weighted by Gasteiger charge is -2.37. The van der Waals surface area contributed by atoms with Crippen LogP contribution in [0.4, 0.5) is 5.69 Å². The first-order valence-corrected chi connectivity index (χ1v) is 11.1. The molecular weight excluding hydrogens is 350 g/mol. The van der Waals surface area contributed by atoms with Gasteiger partial charge in [0.05, 0.1) is 18.1 Å². The van der Waals surface area contributed by atoms with Crippen molar-refractivity contribution in [2.24, 2.45) is 0 Å². The number of hydrogen-bond acceptors (Lipinski definition) is 5. The number of sulfone groups is 1. The van der Waals surface area contributed by atoms with E-state index in [1.54, 1.807) is 11.9 Å². The number of anilines is 1. The Hall–Kier alpha value is -1.60. The molecule has 0 saturated carbocycles. The minimum atomic E-state index is -2.97. The highest BCUT2D eigenvalue weighted by molar-refractivity contribution is 7.91. The Balaban J connectivity index is 1.52. The van der Waals surface area contributed by atoms with Gasteiger partial charge in [-0.05, 0) is 37.5 Å². The molecule has 2 fully saturated rings. The Morgan fingerprint density at radius 2 is 1.88 bits per heavy atom. The number of aryl methyl sites for hydroxylation is 1. The Morgan fingerprint density at radius 3 is 2.50 bits per heavy atom. The molecule has 3 rings (SSSR count). The number of hydrogen-bond donors (Lipinski definition) is 0. The molecule has 0 spiro atoms. The number of amides is 1. The predicted octanol–water partition coefficient (Wildman–Crippen LogP) is 1.07. The fourth-order valence-corrected chi connectivity index (χ4v) is 5.59. The van der Waals surface area contributed by atoms with Gasteiger partial charge in [0, 0.05) is 45.0 Å². The van der Waals surface area contributed by atoms with E-state index in [0.717, 1.165) is 26.2 Å². The summed E-state index contributed by atoms with van der Waals surface area (Å²) in [6.07, 6.45) is 0.561. The smallest absolute Gasteiger partial charge is 0.236 e. The van der Waals surface area contributed by atoms with E-state index in [0.29, 0.717) is 13.0 Å². The van der Waals surface area contributed by atoms with E-state index in [2.05, 4.69) is 41.8 Å². The molecule has 1 aromatic carbocycles. The first-order chi connectivity index (χ1) is 12.3. The summed E-state index contributed by atoms with van der Waals surface area (Å²) in [4.78, 5) is 18.7.